The zero-order valence-corrected chi connectivity index (χ0v) is 9.42. The van der Waals surface area contributed by atoms with Gasteiger partial charge in [-0.05, 0) is 30.4 Å². The van der Waals surface area contributed by atoms with Crippen LogP contribution in [0.4, 0.5) is 5.82 Å². The topological polar surface area (TPSA) is 73.0 Å². The fourth-order valence-electron chi connectivity index (χ4n) is 1.51. The molecule has 1 aliphatic carbocycles. The summed E-state index contributed by atoms with van der Waals surface area (Å²) in [6.45, 7) is 1.61. The molecule has 0 amide bonds. The number of aromatic nitrogens is 1. The van der Waals surface area contributed by atoms with Crippen LogP contribution >= 0.6 is 0 Å². The molecule has 1 saturated carbocycles. The summed E-state index contributed by atoms with van der Waals surface area (Å²) < 4.78 is 23.4. The highest BCUT2D eigenvalue weighted by molar-refractivity contribution is 7.91. The average molecular weight is 226 g/mol. The molecule has 0 aliphatic heterocycles. The largest absolute Gasteiger partial charge is 0.383 e. The monoisotopic (exact) mass is 226 g/mol. The molecule has 0 atom stereocenters. The number of nitrogens with two attached hydrogens (primary N) is 1. The molecule has 5 heteroatoms. The summed E-state index contributed by atoms with van der Waals surface area (Å²) in [4.78, 5) is 4.14. The molecule has 82 valence electrons. The minimum Gasteiger partial charge on any atom is -0.383 e. The van der Waals surface area contributed by atoms with Gasteiger partial charge in [0.25, 0.3) is 0 Å². The first kappa shape index (κ1) is 10.4. The lowest BCUT2D eigenvalue weighted by molar-refractivity contribution is 0.597. The van der Waals surface area contributed by atoms with Gasteiger partial charge in [-0.15, -0.1) is 0 Å². The standard InChI is InChI=1S/C10H14N2O2S/c1-2-15(13,14)9-5-8(7-3-4-7)6-12-10(9)11/h5-7H,2-4H2,1H3,(H2,11,12). The van der Waals surface area contributed by atoms with Gasteiger partial charge in [0.2, 0.25) is 0 Å². The summed E-state index contributed by atoms with van der Waals surface area (Å²) in [7, 11) is -3.24. The first-order valence-corrected chi connectivity index (χ1v) is 6.68. The lowest BCUT2D eigenvalue weighted by Crippen LogP contribution is -2.09. The Balaban J connectivity index is 2.49. The van der Waals surface area contributed by atoms with E-state index in [0.717, 1.165) is 18.4 Å². The van der Waals surface area contributed by atoms with Crippen LogP contribution in [0.2, 0.25) is 0 Å². The van der Waals surface area contributed by atoms with Crippen molar-refractivity contribution in [3.05, 3.63) is 17.8 Å². The summed E-state index contributed by atoms with van der Waals surface area (Å²) in [5.74, 6) is 0.664. The average Bonchev–Trinajstić information content (AvgIpc) is 3.02. The molecule has 0 spiro atoms. The van der Waals surface area contributed by atoms with Crippen LogP contribution in [0.15, 0.2) is 17.2 Å². The van der Waals surface area contributed by atoms with E-state index in [-0.39, 0.29) is 16.5 Å². The summed E-state index contributed by atoms with van der Waals surface area (Å²) in [6.07, 6.45) is 3.93. The molecule has 0 aromatic carbocycles. The lowest BCUT2D eigenvalue weighted by atomic mass is 10.2. The van der Waals surface area contributed by atoms with Crippen molar-refractivity contribution in [3.8, 4) is 0 Å². The highest BCUT2D eigenvalue weighted by Gasteiger charge is 2.26. The Morgan fingerprint density at radius 1 is 1.53 bits per heavy atom. The maximum Gasteiger partial charge on any atom is 0.181 e. The fourth-order valence-corrected chi connectivity index (χ4v) is 2.51. The second-order valence-electron chi connectivity index (χ2n) is 3.83. The third-order valence-corrected chi connectivity index (χ3v) is 4.42. The minimum atomic E-state index is -3.24. The van der Waals surface area contributed by atoms with E-state index in [9.17, 15) is 8.42 Å². The van der Waals surface area contributed by atoms with Gasteiger partial charge in [-0.25, -0.2) is 13.4 Å². The Hall–Kier alpha value is -1.10. The first-order valence-electron chi connectivity index (χ1n) is 5.02. The van der Waals surface area contributed by atoms with Gasteiger partial charge in [0, 0.05) is 6.20 Å². The highest BCUT2D eigenvalue weighted by Crippen LogP contribution is 2.40. The number of pyridine rings is 1. The SMILES string of the molecule is CCS(=O)(=O)c1cc(C2CC2)cnc1N. The quantitative estimate of drug-likeness (QED) is 0.844. The number of sulfone groups is 1. The van der Waals surface area contributed by atoms with E-state index in [1.807, 2.05) is 0 Å². The molecule has 2 rings (SSSR count). The molecule has 0 bridgehead atoms. The van der Waals surface area contributed by atoms with E-state index in [1.54, 1.807) is 19.2 Å². The van der Waals surface area contributed by atoms with Crippen molar-refractivity contribution in [3.63, 3.8) is 0 Å². The van der Waals surface area contributed by atoms with Crippen LogP contribution in [-0.4, -0.2) is 19.2 Å². The first-order chi connectivity index (χ1) is 7.04. The van der Waals surface area contributed by atoms with Crippen molar-refractivity contribution < 1.29 is 8.42 Å². The molecule has 1 aromatic rings. The molecule has 1 heterocycles. The van der Waals surface area contributed by atoms with Crippen molar-refractivity contribution in [2.75, 3.05) is 11.5 Å². The number of hydrogen-bond acceptors (Lipinski definition) is 4. The van der Waals surface area contributed by atoms with Crippen LogP contribution in [-0.2, 0) is 9.84 Å². The predicted octanol–water partition coefficient (Wildman–Crippen LogP) is 1.33. The molecule has 2 N–H and O–H groups in total. The second kappa shape index (κ2) is 3.48. The molecule has 1 aromatic heterocycles. The van der Waals surface area contributed by atoms with E-state index in [4.69, 9.17) is 5.73 Å². The van der Waals surface area contributed by atoms with Crippen LogP contribution in [0.3, 0.4) is 0 Å². The van der Waals surface area contributed by atoms with Gasteiger partial charge in [0.05, 0.1) is 5.75 Å². The molecule has 0 saturated heterocycles. The summed E-state index contributed by atoms with van der Waals surface area (Å²) >= 11 is 0. The van der Waals surface area contributed by atoms with Gasteiger partial charge in [-0.1, -0.05) is 6.92 Å². The molecule has 1 fully saturated rings. The van der Waals surface area contributed by atoms with Gasteiger partial charge in [0.1, 0.15) is 10.7 Å². The zero-order chi connectivity index (χ0) is 11.1. The Kier molecular flexibility index (Phi) is 2.42. The van der Waals surface area contributed by atoms with E-state index in [0.29, 0.717) is 5.92 Å². The Bertz CT molecular complexity index is 478. The van der Waals surface area contributed by atoms with Crippen molar-refractivity contribution >= 4 is 15.7 Å². The van der Waals surface area contributed by atoms with Crippen LogP contribution in [0.25, 0.3) is 0 Å². The van der Waals surface area contributed by atoms with E-state index < -0.39 is 9.84 Å². The van der Waals surface area contributed by atoms with E-state index in [2.05, 4.69) is 4.98 Å². The molecule has 15 heavy (non-hydrogen) atoms. The molecule has 4 nitrogen and oxygen atoms in total. The van der Waals surface area contributed by atoms with Crippen LogP contribution in [0, 0.1) is 0 Å². The Labute approximate surface area is 89.4 Å². The van der Waals surface area contributed by atoms with Crippen LogP contribution in [0.5, 0.6) is 0 Å². The van der Waals surface area contributed by atoms with E-state index in [1.165, 1.54) is 0 Å². The predicted molar refractivity (Wildman–Crippen MR) is 58.4 cm³/mol. The summed E-state index contributed by atoms with van der Waals surface area (Å²) in [5.41, 5.74) is 6.58. The molecule has 0 unspecified atom stereocenters. The van der Waals surface area contributed by atoms with Gasteiger partial charge < -0.3 is 5.73 Å². The number of hydrogen-bond donors (Lipinski definition) is 1. The highest BCUT2D eigenvalue weighted by atomic mass is 32.2. The summed E-state index contributed by atoms with van der Waals surface area (Å²) in [5, 5.41) is 0. The molecular formula is C10H14N2O2S. The third-order valence-electron chi connectivity index (χ3n) is 2.67. The molecular weight excluding hydrogens is 212 g/mol. The number of anilines is 1. The third kappa shape index (κ3) is 1.97. The Morgan fingerprint density at radius 2 is 2.20 bits per heavy atom. The normalized spacial score (nSPS) is 16.6. The van der Waals surface area contributed by atoms with Crippen LogP contribution in [0.1, 0.15) is 31.2 Å². The number of nitrogens with zero attached hydrogens (tertiary/aromatic N) is 1. The lowest BCUT2D eigenvalue weighted by Gasteiger charge is -2.06. The van der Waals surface area contributed by atoms with Gasteiger partial charge in [-0.3, -0.25) is 0 Å². The number of rotatable bonds is 3. The fraction of sp³-hybridized carbons (Fsp3) is 0.500. The zero-order valence-electron chi connectivity index (χ0n) is 8.60. The van der Waals surface area contributed by atoms with Crippen LogP contribution < -0.4 is 5.73 Å². The van der Waals surface area contributed by atoms with Crippen molar-refractivity contribution in [2.24, 2.45) is 0 Å². The maximum absolute atomic E-state index is 11.7. The minimum absolute atomic E-state index is 0.0625. The molecule has 0 radical (unpaired) electrons. The van der Waals surface area contributed by atoms with Gasteiger partial charge >= 0.3 is 0 Å². The van der Waals surface area contributed by atoms with Crippen molar-refractivity contribution in [1.82, 2.24) is 4.98 Å². The second-order valence-corrected chi connectivity index (χ2v) is 6.08. The maximum atomic E-state index is 11.7. The molecule has 1 aliphatic rings. The smallest absolute Gasteiger partial charge is 0.181 e. The number of nitrogen functional groups attached to an aromatic ring is 1. The van der Waals surface area contributed by atoms with Gasteiger partial charge in [-0.2, -0.15) is 0 Å². The Morgan fingerprint density at radius 3 is 2.73 bits per heavy atom. The van der Waals surface area contributed by atoms with E-state index >= 15 is 0 Å². The van der Waals surface area contributed by atoms with Gasteiger partial charge in [0.15, 0.2) is 9.84 Å². The van der Waals surface area contributed by atoms with Crippen molar-refractivity contribution in [2.45, 2.75) is 30.6 Å². The summed E-state index contributed by atoms with van der Waals surface area (Å²) in [6, 6.07) is 1.68. The van der Waals surface area contributed by atoms with Crippen molar-refractivity contribution in [1.29, 1.82) is 0 Å².